The van der Waals surface area contributed by atoms with E-state index in [9.17, 15) is 9.18 Å². The van der Waals surface area contributed by atoms with E-state index in [2.05, 4.69) is 10.1 Å². The molecule has 1 aliphatic rings. The van der Waals surface area contributed by atoms with E-state index in [1.165, 1.54) is 24.3 Å². The first-order valence-corrected chi connectivity index (χ1v) is 8.02. The van der Waals surface area contributed by atoms with Crippen LogP contribution in [0.5, 0.6) is 5.75 Å². The zero-order valence-corrected chi connectivity index (χ0v) is 14.1. The molecule has 8 heteroatoms. The second-order valence-electron chi connectivity index (χ2n) is 6.04. The lowest BCUT2D eigenvalue weighted by Gasteiger charge is -2.16. The van der Waals surface area contributed by atoms with Gasteiger partial charge in [-0.1, -0.05) is 5.16 Å². The smallest absolute Gasteiger partial charge is 0.260 e. The van der Waals surface area contributed by atoms with Crippen molar-refractivity contribution in [2.75, 3.05) is 33.4 Å². The van der Waals surface area contributed by atoms with Gasteiger partial charge in [0, 0.05) is 26.1 Å². The highest BCUT2D eigenvalue weighted by atomic mass is 19.1. The highest BCUT2D eigenvalue weighted by Crippen LogP contribution is 2.32. The number of hydrogen-bond acceptors (Lipinski definition) is 6. The zero-order valence-electron chi connectivity index (χ0n) is 14.1. The molecule has 0 saturated carbocycles. The van der Waals surface area contributed by atoms with Gasteiger partial charge in [0.1, 0.15) is 11.6 Å². The van der Waals surface area contributed by atoms with Crippen molar-refractivity contribution in [3.05, 3.63) is 41.8 Å². The number of halogens is 1. The Hall–Kier alpha value is -2.48. The van der Waals surface area contributed by atoms with E-state index in [1.807, 2.05) is 0 Å². The molecule has 0 unspecified atom stereocenters. The number of ether oxygens (including phenoxy) is 2. The van der Waals surface area contributed by atoms with Crippen molar-refractivity contribution in [2.45, 2.75) is 12.8 Å². The SMILES string of the molecule is COC[C@@H]1CN(C(=O)COc2ccc(F)cc2)C[C@H]1c1nc(C)no1. The zero-order chi connectivity index (χ0) is 17.8. The summed E-state index contributed by atoms with van der Waals surface area (Å²) in [6, 6.07) is 5.56. The van der Waals surface area contributed by atoms with Crippen LogP contribution in [0.1, 0.15) is 17.6 Å². The molecule has 134 valence electrons. The molecule has 25 heavy (non-hydrogen) atoms. The van der Waals surface area contributed by atoms with Crippen LogP contribution in [0.4, 0.5) is 4.39 Å². The summed E-state index contributed by atoms with van der Waals surface area (Å²) < 4.78 is 28.9. The Bertz CT molecular complexity index is 719. The van der Waals surface area contributed by atoms with Crippen LogP contribution in [0, 0.1) is 18.7 Å². The topological polar surface area (TPSA) is 77.7 Å². The molecule has 0 bridgehead atoms. The van der Waals surface area contributed by atoms with Crippen LogP contribution in [0.15, 0.2) is 28.8 Å². The minimum absolute atomic E-state index is 0.0593. The van der Waals surface area contributed by atoms with Crippen molar-refractivity contribution >= 4 is 5.91 Å². The Morgan fingerprint density at radius 2 is 2.12 bits per heavy atom. The molecule has 1 aromatic carbocycles. The predicted octanol–water partition coefficient (Wildman–Crippen LogP) is 1.78. The minimum Gasteiger partial charge on any atom is -0.484 e. The van der Waals surface area contributed by atoms with Gasteiger partial charge in [0.25, 0.3) is 5.91 Å². The molecule has 0 aliphatic carbocycles. The van der Waals surface area contributed by atoms with Crippen LogP contribution in [-0.4, -0.2) is 54.4 Å². The van der Waals surface area contributed by atoms with Crippen molar-refractivity contribution in [1.82, 2.24) is 15.0 Å². The third-order valence-corrected chi connectivity index (χ3v) is 4.21. The second kappa shape index (κ2) is 7.60. The molecule has 1 amide bonds. The van der Waals surface area contributed by atoms with Crippen LogP contribution < -0.4 is 4.74 Å². The van der Waals surface area contributed by atoms with Gasteiger partial charge in [-0.05, 0) is 31.2 Å². The van der Waals surface area contributed by atoms with E-state index >= 15 is 0 Å². The standard InChI is InChI=1S/C17H20FN3O4/c1-11-19-17(25-20-11)15-8-21(7-12(15)9-23-2)16(22)10-24-14-5-3-13(18)4-6-14/h3-6,12,15H,7-10H2,1-2H3/t12-,15+/m0/s1. The van der Waals surface area contributed by atoms with Crippen LogP contribution in [0.3, 0.4) is 0 Å². The molecule has 2 atom stereocenters. The maximum atomic E-state index is 12.9. The number of benzene rings is 1. The minimum atomic E-state index is -0.349. The predicted molar refractivity (Wildman–Crippen MR) is 85.6 cm³/mol. The number of carbonyl (C=O) groups is 1. The number of aryl methyl sites for hydroxylation is 1. The van der Waals surface area contributed by atoms with Gasteiger partial charge in [-0.3, -0.25) is 4.79 Å². The number of hydrogen-bond donors (Lipinski definition) is 0. The number of amides is 1. The van der Waals surface area contributed by atoms with E-state index in [1.54, 1.807) is 18.9 Å². The summed E-state index contributed by atoms with van der Waals surface area (Å²) in [7, 11) is 1.62. The maximum absolute atomic E-state index is 12.9. The fourth-order valence-electron chi connectivity index (χ4n) is 2.97. The quantitative estimate of drug-likeness (QED) is 0.791. The summed E-state index contributed by atoms with van der Waals surface area (Å²) in [5.41, 5.74) is 0. The molecule has 1 saturated heterocycles. The van der Waals surface area contributed by atoms with Gasteiger partial charge < -0.3 is 18.9 Å². The number of methoxy groups -OCH3 is 1. The molecule has 2 aromatic rings. The van der Waals surface area contributed by atoms with Crippen LogP contribution >= 0.6 is 0 Å². The van der Waals surface area contributed by atoms with Crippen molar-refractivity contribution in [3.63, 3.8) is 0 Å². The van der Waals surface area contributed by atoms with Crippen molar-refractivity contribution < 1.29 is 23.2 Å². The highest BCUT2D eigenvalue weighted by molar-refractivity contribution is 5.78. The molecular weight excluding hydrogens is 329 g/mol. The van der Waals surface area contributed by atoms with Gasteiger partial charge in [-0.25, -0.2) is 4.39 Å². The van der Waals surface area contributed by atoms with Gasteiger partial charge in [-0.15, -0.1) is 0 Å². The summed E-state index contributed by atoms with van der Waals surface area (Å²) in [6.45, 7) is 3.15. The molecule has 0 radical (unpaired) electrons. The normalized spacial score (nSPS) is 20.0. The van der Waals surface area contributed by atoms with Gasteiger partial charge >= 0.3 is 0 Å². The van der Waals surface area contributed by atoms with E-state index in [4.69, 9.17) is 14.0 Å². The number of nitrogens with zero attached hydrogens (tertiary/aromatic N) is 3. The first-order chi connectivity index (χ1) is 12.1. The lowest BCUT2D eigenvalue weighted by Crippen LogP contribution is -2.33. The summed E-state index contributed by atoms with van der Waals surface area (Å²) in [5.74, 6) is 1.06. The maximum Gasteiger partial charge on any atom is 0.260 e. The van der Waals surface area contributed by atoms with Crippen molar-refractivity contribution in [1.29, 1.82) is 0 Å². The molecule has 2 heterocycles. The molecule has 1 aliphatic heterocycles. The number of likely N-dealkylation sites (tertiary alicyclic amines) is 1. The molecule has 1 fully saturated rings. The average molecular weight is 349 g/mol. The average Bonchev–Trinajstić information content (AvgIpc) is 3.21. The second-order valence-corrected chi connectivity index (χ2v) is 6.04. The van der Waals surface area contributed by atoms with Gasteiger partial charge in [0.05, 0.1) is 12.5 Å². The fraction of sp³-hybridized carbons (Fsp3) is 0.471. The van der Waals surface area contributed by atoms with E-state index in [0.29, 0.717) is 37.2 Å². The van der Waals surface area contributed by atoms with Crippen LogP contribution in [0.25, 0.3) is 0 Å². The third kappa shape index (κ3) is 4.14. The molecule has 3 rings (SSSR count). The Labute approximate surface area is 144 Å². The largest absolute Gasteiger partial charge is 0.484 e. The van der Waals surface area contributed by atoms with Crippen molar-refractivity contribution in [3.8, 4) is 5.75 Å². The number of carbonyl (C=O) groups excluding carboxylic acids is 1. The Morgan fingerprint density at radius 3 is 2.76 bits per heavy atom. The first-order valence-electron chi connectivity index (χ1n) is 8.02. The number of rotatable bonds is 6. The summed E-state index contributed by atoms with van der Waals surface area (Å²) in [6.07, 6.45) is 0. The Morgan fingerprint density at radius 1 is 1.36 bits per heavy atom. The lowest BCUT2D eigenvalue weighted by atomic mass is 9.97. The summed E-state index contributed by atoms with van der Waals surface area (Å²) in [4.78, 5) is 18.4. The summed E-state index contributed by atoms with van der Waals surface area (Å²) in [5, 5.41) is 3.82. The number of aromatic nitrogens is 2. The van der Waals surface area contributed by atoms with Gasteiger partial charge in [-0.2, -0.15) is 4.98 Å². The molecule has 7 nitrogen and oxygen atoms in total. The fourth-order valence-corrected chi connectivity index (χ4v) is 2.97. The summed E-state index contributed by atoms with van der Waals surface area (Å²) >= 11 is 0. The molecule has 1 aromatic heterocycles. The van der Waals surface area contributed by atoms with E-state index in [0.717, 1.165) is 0 Å². The van der Waals surface area contributed by atoms with Crippen LogP contribution in [-0.2, 0) is 9.53 Å². The first kappa shape index (κ1) is 17.3. The molecular formula is C17H20FN3O4. The van der Waals surface area contributed by atoms with Crippen molar-refractivity contribution in [2.24, 2.45) is 5.92 Å². The Kier molecular flexibility index (Phi) is 5.28. The highest BCUT2D eigenvalue weighted by Gasteiger charge is 2.39. The van der Waals surface area contributed by atoms with Gasteiger partial charge in [0.15, 0.2) is 12.4 Å². The molecule has 0 N–H and O–H groups in total. The Balaban J connectivity index is 1.61. The lowest BCUT2D eigenvalue weighted by molar-refractivity contribution is -0.132. The molecule has 0 spiro atoms. The monoisotopic (exact) mass is 349 g/mol. The van der Waals surface area contributed by atoms with E-state index < -0.39 is 0 Å². The van der Waals surface area contributed by atoms with E-state index in [-0.39, 0.29) is 30.2 Å². The van der Waals surface area contributed by atoms with Crippen LogP contribution in [0.2, 0.25) is 0 Å². The van der Waals surface area contributed by atoms with Gasteiger partial charge in [0.2, 0.25) is 5.89 Å². The third-order valence-electron chi connectivity index (χ3n) is 4.21.